The van der Waals surface area contributed by atoms with E-state index in [1.807, 2.05) is 12.1 Å². The molecule has 6 heteroatoms. The Morgan fingerprint density at radius 2 is 1.35 bits per heavy atom. The largest absolute Gasteiger partial charge is 0.379 e. The molecule has 2 aromatic carbocycles. The minimum Gasteiger partial charge on any atom is -0.379 e. The Morgan fingerprint density at radius 1 is 0.839 bits per heavy atom. The zero-order valence-corrected chi connectivity index (χ0v) is 18.8. The molecule has 1 N–H and O–H groups in total. The summed E-state index contributed by atoms with van der Waals surface area (Å²) in [6.45, 7) is 8.03. The quantitative estimate of drug-likeness (QED) is 0.711. The van der Waals surface area contributed by atoms with Crippen molar-refractivity contribution < 1.29 is 9.53 Å². The van der Waals surface area contributed by atoms with Gasteiger partial charge in [0.1, 0.15) is 0 Å². The lowest BCUT2D eigenvalue weighted by Gasteiger charge is -2.31. The molecule has 4 rings (SSSR count). The van der Waals surface area contributed by atoms with E-state index in [4.69, 9.17) is 16.3 Å². The van der Waals surface area contributed by atoms with Gasteiger partial charge < -0.3 is 10.1 Å². The van der Waals surface area contributed by atoms with Crippen LogP contribution in [0.25, 0.3) is 0 Å². The van der Waals surface area contributed by atoms with Crippen molar-refractivity contribution in [3.8, 4) is 0 Å². The number of likely N-dealkylation sites (tertiary alicyclic amines) is 1. The second-order valence-electron chi connectivity index (χ2n) is 8.60. The van der Waals surface area contributed by atoms with Gasteiger partial charge in [0.25, 0.3) is 0 Å². The number of amides is 1. The number of halogens is 1. The maximum absolute atomic E-state index is 12.6. The first-order valence-corrected chi connectivity index (χ1v) is 11.7. The predicted octanol–water partition coefficient (Wildman–Crippen LogP) is 3.70. The molecule has 2 fully saturated rings. The molecule has 1 amide bonds. The van der Waals surface area contributed by atoms with Crippen LogP contribution in [0.15, 0.2) is 48.5 Å². The summed E-state index contributed by atoms with van der Waals surface area (Å²) in [6, 6.07) is 16.6. The monoisotopic (exact) mass is 441 g/mol. The molecule has 0 spiro atoms. The van der Waals surface area contributed by atoms with Crippen LogP contribution < -0.4 is 5.32 Å². The number of hydrogen-bond donors (Lipinski definition) is 1. The lowest BCUT2D eigenvalue weighted by atomic mass is 9.95. The summed E-state index contributed by atoms with van der Waals surface area (Å²) < 4.78 is 5.41. The van der Waals surface area contributed by atoms with Crippen LogP contribution in [0.5, 0.6) is 0 Å². The second-order valence-corrected chi connectivity index (χ2v) is 9.04. The molecule has 2 saturated heterocycles. The van der Waals surface area contributed by atoms with Gasteiger partial charge in [-0.1, -0.05) is 48.0 Å². The average molecular weight is 442 g/mol. The maximum Gasteiger partial charge on any atom is 0.223 e. The number of nitrogens with one attached hydrogen (secondary N) is 1. The van der Waals surface area contributed by atoms with Crippen LogP contribution in [-0.2, 0) is 29.2 Å². The molecule has 2 aromatic rings. The molecule has 2 aliphatic heterocycles. The molecule has 0 atom stereocenters. The van der Waals surface area contributed by atoms with E-state index in [1.165, 1.54) is 11.1 Å². The molecular formula is C25H32ClN3O2. The minimum absolute atomic E-state index is 0.113. The van der Waals surface area contributed by atoms with Gasteiger partial charge in [-0.3, -0.25) is 14.6 Å². The van der Waals surface area contributed by atoms with E-state index in [-0.39, 0.29) is 11.8 Å². The summed E-state index contributed by atoms with van der Waals surface area (Å²) in [5.74, 6) is 0.297. The second kappa shape index (κ2) is 11.1. The maximum atomic E-state index is 12.6. The Labute approximate surface area is 190 Å². The fraction of sp³-hybridized carbons (Fsp3) is 0.480. The summed E-state index contributed by atoms with van der Waals surface area (Å²) >= 11 is 5.97. The zero-order chi connectivity index (χ0) is 21.5. The average Bonchev–Trinajstić information content (AvgIpc) is 2.81. The Hall–Kier alpha value is -1.92. The van der Waals surface area contributed by atoms with Crippen molar-refractivity contribution >= 4 is 17.5 Å². The molecule has 5 nitrogen and oxygen atoms in total. The first-order valence-electron chi connectivity index (χ1n) is 11.3. The van der Waals surface area contributed by atoms with Gasteiger partial charge in [0, 0.05) is 43.7 Å². The van der Waals surface area contributed by atoms with Gasteiger partial charge >= 0.3 is 0 Å². The van der Waals surface area contributed by atoms with Gasteiger partial charge in [0.05, 0.1) is 13.2 Å². The van der Waals surface area contributed by atoms with Gasteiger partial charge in [-0.2, -0.15) is 0 Å². The van der Waals surface area contributed by atoms with Gasteiger partial charge in [-0.05, 0) is 54.8 Å². The fourth-order valence-corrected chi connectivity index (χ4v) is 4.44. The molecule has 0 bridgehead atoms. The lowest BCUT2D eigenvalue weighted by Crippen LogP contribution is -2.40. The van der Waals surface area contributed by atoms with Gasteiger partial charge in [-0.15, -0.1) is 0 Å². The van der Waals surface area contributed by atoms with Crippen molar-refractivity contribution in [2.24, 2.45) is 5.92 Å². The number of benzene rings is 2. The first kappa shape index (κ1) is 22.3. The molecule has 2 heterocycles. The van der Waals surface area contributed by atoms with E-state index in [2.05, 4.69) is 51.5 Å². The number of morpholine rings is 1. The highest BCUT2D eigenvalue weighted by atomic mass is 35.5. The number of carbonyl (C=O) groups is 1. The number of rotatable bonds is 7. The molecule has 2 aliphatic rings. The normalized spacial score (nSPS) is 18.7. The third-order valence-electron chi connectivity index (χ3n) is 6.28. The lowest BCUT2D eigenvalue weighted by molar-refractivity contribution is -0.126. The van der Waals surface area contributed by atoms with Crippen molar-refractivity contribution in [3.63, 3.8) is 0 Å². The number of ether oxygens (including phenoxy) is 1. The Morgan fingerprint density at radius 3 is 1.97 bits per heavy atom. The van der Waals surface area contributed by atoms with Crippen LogP contribution in [0, 0.1) is 5.92 Å². The summed E-state index contributed by atoms with van der Waals surface area (Å²) in [4.78, 5) is 17.5. The van der Waals surface area contributed by atoms with E-state index in [9.17, 15) is 4.79 Å². The first-order chi connectivity index (χ1) is 15.2. The van der Waals surface area contributed by atoms with Crippen LogP contribution in [0.3, 0.4) is 0 Å². The Bertz CT molecular complexity index is 827. The van der Waals surface area contributed by atoms with Crippen molar-refractivity contribution in [1.82, 2.24) is 15.1 Å². The number of hydrogen-bond acceptors (Lipinski definition) is 4. The van der Waals surface area contributed by atoms with E-state index in [1.54, 1.807) is 0 Å². The van der Waals surface area contributed by atoms with Crippen LogP contribution >= 0.6 is 11.6 Å². The highest BCUT2D eigenvalue weighted by Crippen LogP contribution is 2.20. The van der Waals surface area contributed by atoms with Crippen molar-refractivity contribution in [2.75, 3.05) is 39.4 Å². The summed E-state index contributed by atoms with van der Waals surface area (Å²) in [6.07, 6.45) is 1.83. The SMILES string of the molecule is O=C(NCc1ccc(CN2CCOCC2)cc1)C1CCN(Cc2ccc(Cl)cc2)CC1. The highest BCUT2D eigenvalue weighted by Gasteiger charge is 2.24. The van der Waals surface area contributed by atoms with Gasteiger partial charge in [-0.25, -0.2) is 0 Å². The zero-order valence-electron chi connectivity index (χ0n) is 18.1. The Kier molecular flexibility index (Phi) is 7.97. The third kappa shape index (κ3) is 6.78. The molecule has 0 unspecified atom stereocenters. The topological polar surface area (TPSA) is 44.8 Å². The van der Waals surface area contributed by atoms with Crippen LogP contribution in [0.2, 0.25) is 5.02 Å². The third-order valence-corrected chi connectivity index (χ3v) is 6.53. The smallest absolute Gasteiger partial charge is 0.223 e. The van der Waals surface area contributed by atoms with Crippen LogP contribution in [0.4, 0.5) is 0 Å². The summed E-state index contributed by atoms with van der Waals surface area (Å²) in [7, 11) is 0. The van der Waals surface area contributed by atoms with E-state index < -0.39 is 0 Å². The van der Waals surface area contributed by atoms with Gasteiger partial charge in [0.15, 0.2) is 0 Å². The van der Waals surface area contributed by atoms with E-state index >= 15 is 0 Å². The van der Waals surface area contributed by atoms with E-state index in [0.29, 0.717) is 6.54 Å². The molecule has 0 aromatic heterocycles. The van der Waals surface area contributed by atoms with Crippen LogP contribution in [0.1, 0.15) is 29.5 Å². The fourth-order valence-electron chi connectivity index (χ4n) is 4.31. The molecule has 0 saturated carbocycles. The highest BCUT2D eigenvalue weighted by molar-refractivity contribution is 6.30. The van der Waals surface area contributed by atoms with Crippen molar-refractivity contribution in [1.29, 1.82) is 0 Å². The minimum atomic E-state index is 0.113. The van der Waals surface area contributed by atoms with Crippen LogP contribution in [-0.4, -0.2) is 55.1 Å². The summed E-state index contributed by atoms with van der Waals surface area (Å²) in [5, 5.41) is 3.91. The Balaban J connectivity index is 1.17. The number of nitrogens with zero attached hydrogens (tertiary/aromatic N) is 2. The molecular weight excluding hydrogens is 410 g/mol. The number of piperidine rings is 1. The molecule has 31 heavy (non-hydrogen) atoms. The molecule has 0 aliphatic carbocycles. The van der Waals surface area contributed by atoms with Crippen molar-refractivity contribution in [3.05, 3.63) is 70.2 Å². The predicted molar refractivity (Wildman–Crippen MR) is 124 cm³/mol. The standard InChI is InChI=1S/C25H32ClN3O2/c26-24-7-5-22(6-8-24)18-28-11-9-23(10-12-28)25(30)27-17-20-1-3-21(4-2-20)19-29-13-15-31-16-14-29/h1-8,23H,9-19H2,(H,27,30). The molecule has 166 valence electrons. The van der Waals surface area contributed by atoms with Crippen molar-refractivity contribution in [2.45, 2.75) is 32.5 Å². The number of carbonyl (C=O) groups excluding carboxylic acids is 1. The molecule has 0 radical (unpaired) electrons. The van der Waals surface area contributed by atoms with E-state index in [0.717, 1.165) is 75.9 Å². The van der Waals surface area contributed by atoms with Gasteiger partial charge in [0.2, 0.25) is 5.91 Å². The summed E-state index contributed by atoms with van der Waals surface area (Å²) in [5.41, 5.74) is 3.73.